The summed E-state index contributed by atoms with van der Waals surface area (Å²) in [7, 11) is -3.80. The SMILES string of the molecule is CC(C)COCCNS(=O)(=O)c1cc(Cl)cc(CO)c1Cl. The molecule has 0 aliphatic heterocycles. The molecule has 0 aliphatic carbocycles. The normalized spacial score (nSPS) is 12.1. The summed E-state index contributed by atoms with van der Waals surface area (Å²) in [4.78, 5) is -0.149. The Balaban J connectivity index is 2.77. The van der Waals surface area contributed by atoms with Gasteiger partial charge in [0.2, 0.25) is 10.0 Å². The second kappa shape index (κ2) is 8.31. The molecule has 0 fully saturated rings. The van der Waals surface area contributed by atoms with E-state index < -0.39 is 10.0 Å². The average Bonchev–Trinajstić information content (AvgIpc) is 2.40. The lowest BCUT2D eigenvalue weighted by molar-refractivity contribution is 0.114. The summed E-state index contributed by atoms with van der Waals surface area (Å²) in [6, 6.07) is 2.68. The van der Waals surface area contributed by atoms with E-state index >= 15 is 0 Å². The van der Waals surface area contributed by atoms with Crippen molar-refractivity contribution in [3.05, 3.63) is 27.7 Å². The molecule has 2 N–H and O–H groups in total. The van der Waals surface area contributed by atoms with E-state index in [1.165, 1.54) is 12.1 Å². The summed E-state index contributed by atoms with van der Waals surface area (Å²) in [5.74, 6) is 0.385. The highest BCUT2D eigenvalue weighted by atomic mass is 35.5. The highest BCUT2D eigenvalue weighted by Crippen LogP contribution is 2.29. The molecule has 21 heavy (non-hydrogen) atoms. The van der Waals surface area contributed by atoms with Gasteiger partial charge in [0.1, 0.15) is 4.90 Å². The summed E-state index contributed by atoms with van der Waals surface area (Å²) in [5, 5.41) is 9.32. The fourth-order valence-electron chi connectivity index (χ4n) is 1.57. The smallest absolute Gasteiger partial charge is 0.242 e. The predicted octanol–water partition coefficient (Wildman–Crippen LogP) is 2.44. The predicted molar refractivity (Wildman–Crippen MR) is 83.2 cm³/mol. The molecular weight excluding hydrogens is 337 g/mol. The van der Waals surface area contributed by atoms with Crippen LogP contribution in [-0.2, 0) is 21.4 Å². The quantitative estimate of drug-likeness (QED) is 0.702. The minimum atomic E-state index is -3.80. The first-order valence-corrected chi connectivity index (χ1v) is 8.68. The zero-order valence-corrected chi connectivity index (χ0v) is 14.2. The van der Waals surface area contributed by atoms with Gasteiger partial charge in [-0.1, -0.05) is 37.0 Å². The highest BCUT2D eigenvalue weighted by Gasteiger charge is 2.20. The number of ether oxygens (including phenoxy) is 1. The second-order valence-corrected chi connectivity index (χ2v) is 7.45. The molecule has 1 rings (SSSR count). The molecule has 120 valence electrons. The van der Waals surface area contributed by atoms with Gasteiger partial charge in [0.05, 0.1) is 18.2 Å². The number of halogens is 2. The minimum Gasteiger partial charge on any atom is -0.392 e. The van der Waals surface area contributed by atoms with Crippen molar-refractivity contribution in [3.63, 3.8) is 0 Å². The molecule has 0 unspecified atom stereocenters. The number of aliphatic hydroxyl groups excluding tert-OH is 1. The van der Waals surface area contributed by atoms with Gasteiger partial charge in [-0.3, -0.25) is 0 Å². The van der Waals surface area contributed by atoms with Gasteiger partial charge < -0.3 is 9.84 Å². The van der Waals surface area contributed by atoms with Gasteiger partial charge >= 0.3 is 0 Å². The van der Waals surface area contributed by atoms with Crippen molar-refractivity contribution in [1.29, 1.82) is 0 Å². The molecule has 8 heteroatoms. The zero-order chi connectivity index (χ0) is 16.0. The van der Waals surface area contributed by atoms with Crippen LogP contribution < -0.4 is 4.72 Å². The minimum absolute atomic E-state index is 0.0301. The molecule has 1 aromatic carbocycles. The summed E-state index contributed by atoms with van der Waals surface area (Å²) in [6.45, 7) is 4.58. The molecule has 1 aromatic rings. The summed E-state index contributed by atoms with van der Waals surface area (Å²) in [5.41, 5.74) is 0.264. The number of hydrogen-bond acceptors (Lipinski definition) is 4. The molecule has 0 saturated heterocycles. The van der Waals surface area contributed by atoms with Gasteiger partial charge in [0, 0.05) is 18.2 Å². The molecule has 0 aliphatic rings. The molecule has 0 aromatic heterocycles. The van der Waals surface area contributed by atoms with E-state index in [-0.39, 0.29) is 40.3 Å². The fraction of sp³-hybridized carbons (Fsp3) is 0.538. The Hall–Kier alpha value is -0.370. The standard InChI is InChI=1S/C13H19Cl2NO4S/c1-9(2)8-20-4-3-16-21(18,19)12-6-11(14)5-10(7-17)13(12)15/h5-6,9,16-17H,3-4,7-8H2,1-2H3. The lowest BCUT2D eigenvalue weighted by Crippen LogP contribution is -2.28. The van der Waals surface area contributed by atoms with Crippen LogP contribution in [0.3, 0.4) is 0 Å². The van der Waals surface area contributed by atoms with E-state index in [0.717, 1.165) is 0 Å². The van der Waals surface area contributed by atoms with Crippen LogP contribution in [0.25, 0.3) is 0 Å². The fourth-order valence-corrected chi connectivity index (χ4v) is 3.51. The number of sulfonamides is 1. The van der Waals surface area contributed by atoms with Crippen LogP contribution in [0.2, 0.25) is 10.0 Å². The van der Waals surface area contributed by atoms with E-state index in [0.29, 0.717) is 12.5 Å². The van der Waals surface area contributed by atoms with Gasteiger partial charge in [0.15, 0.2) is 0 Å². The van der Waals surface area contributed by atoms with E-state index in [4.69, 9.17) is 33.0 Å². The van der Waals surface area contributed by atoms with Gasteiger partial charge in [-0.25, -0.2) is 13.1 Å². The van der Waals surface area contributed by atoms with Crippen molar-refractivity contribution in [2.75, 3.05) is 19.8 Å². The summed E-state index contributed by atoms with van der Waals surface area (Å²) >= 11 is 11.8. The molecular formula is C13H19Cl2NO4S. The third-order valence-corrected chi connectivity index (χ3v) is 4.79. The monoisotopic (exact) mass is 355 g/mol. The van der Waals surface area contributed by atoms with E-state index in [2.05, 4.69) is 4.72 Å². The van der Waals surface area contributed by atoms with Crippen LogP contribution in [-0.4, -0.2) is 33.3 Å². The van der Waals surface area contributed by atoms with Crippen LogP contribution in [0.1, 0.15) is 19.4 Å². The van der Waals surface area contributed by atoms with Crippen molar-refractivity contribution < 1.29 is 18.3 Å². The lowest BCUT2D eigenvalue weighted by atomic mass is 10.2. The maximum absolute atomic E-state index is 12.2. The number of hydrogen-bond donors (Lipinski definition) is 2. The first-order chi connectivity index (χ1) is 9.77. The van der Waals surface area contributed by atoms with Crippen molar-refractivity contribution >= 4 is 33.2 Å². The number of rotatable bonds is 8. The van der Waals surface area contributed by atoms with Crippen molar-refractivity contribution in [3.8, 4) is 0 Å². The molecule has 0 heterocycles. The maximum atomic E-state index is 12.2. The van der Waals surface area contributed by atoms with E-state index in [9.17, 15) is 8.42 Å². The second-order valence-electron chi connectivity index (χ2n) is 4.90. The average molecular weight is 356 g/mol. The van der Waals surface area contributed by atoms with Gasteiger partial charge in [-0.2, -0.15) is 0 Å². The third-order valence-electron chi connectivity index (χ3n) is 2.53. The van der Waals surface area contributed by atoms with Crippen LogP contribution in [0.15, 0.2) is 17.0 Å². The topological polar surface area (TPSA) is 75.6 Å². The van der Waals surface area contributed by atoms with Gasteiger partial charge in [-0.05, 0) is 23.6 Å². The molecule has 0 bridgehead atoms. The highest BCUT2D eigenvalue weighted by molar-refractivity contribution is 7.89. The van der Waals surface area contributed by atoms with E-state index in [1.54, 1.807) is 0 Å². The Bertz CT molecular complexity index is 576. The number of benzene rings is 1. The Morgan fingerprint density at radius 1 is 1.33 bits per heavy atom. The van der Waals surface area contributed by atoms with Crippen LogP contribution in [0.4, 0.5) is 0 Å². The van der Waals surface area contributed by atoms with E-state index in [1.807, 2.05) is 13.8 Å². The Morgan fingerprint density at radius 2 is 2.00 bits per heavy atom. The Labute approximate surface area is 135 Å². The first kappa shape index (κ1) is 18.7. The van der Waals surface area contributed by atoms with Crippen LogP contribution in [0, 0.1) is 5.92 Å². The third kappa shape index (κ3) is 5.73. The molecule has 0 spiro atoms. The number of nitrogens with one attached hydrogen (secondary N) is 1. The summed E-state index contributed by atoms with van der Waals surface area (Å²) in [6.07, 6.45) is 0. The van der Waals surface area contributed by atoms with Gasteiger partial charge in [-0.15, -0.1) is 0 Å². The maximum Gasteiger partial charge on any atom is 0.242 e. The molecule has 0 amide bonds. The molecule has 0 atom stereocenters. The Morgan fingerprint density at radius 3 is 2.57 bits per heavy atom. The zero-order valence-electron chi connectivity index (χ0n) is 11.9. The van der Waals surface area contributed by atoms with Crippen molar-refractivity contribution in [1.82, 2.24) is 4.72 Å². The Kier molecular flexibility index (Phi) is 7.39. The molecule has 0 radical (unpaired) electrons. The van der Waals surface area contributed by atoms with Crippen molar-refractivity contribution in [2.24, 2.45) is 5.92 Å². The largest absolute Gasteiger partial charge is 0.392 e. The van der Waals surface area contributed by atoms with Gasteiger partial charge in [0.25, 0.3) is 0 Å². The summed E-state index contributed by atoms with van der Waals surface area (Å²) < 4.78 is 32.0. The van der Waals surface area contributed by atoms with Crippen molar-refractivity contribution in [2.45, 2.75) is 25.3 Å². The first-order valence-electron chi connectivity index (χ1n) is 6.44. The lowest BCUT2D eigenvalue weighted by Gasteiger charge is -2.12. The molecule has 5 nitrogen and oxygen atoms in total. The number of aliphatic hydroxyl groups is 1. The van der Waals surface area contributed by atoms with Crippen LogP contribution >= 0.6 is 23.2 Å². The van der Waals surface area contributed by atoms with Crippen LogP contribution in [0.5, 0.6) is 0 Å². The molecule has 0 saturated carbocycles.